The number of rotatable bonds is 4. The number of sulfonamides is 1. The lowest BCUT2D eigenvalue weighted by Gasteiger charge is -2.22. The molecule has 1 aliphatic heterocycles. The van der Waals surface area contributed by atoms with Crippen molar-refractivity contribution in [1.29, 1.82) is 0 Å². The van der Waals surface area contributed by atoms with E-state index in [1.807, 2.05) is 24.3 Å². The number of carbonyl (C=O) groups excluding carboxylic acids is 1. The number of hydrogen-bond acceptors (Lipinski definition) is 3. The van der Waals surface area contributed by atoms with Crippen LogP contribution in [0.3, 0.4) is 0 Å². The Balaban J connectivity index is 1.76. The predicted octanol–water partition coefficient (Wildman–Crippen LogP) is 2.04. The summed E-state index contributed by atoms with van der Waals surface area (Å²) in [5, 5.41) is 0. The molecule has 3 rings (SSSR count). The average molecular weight is 348 g/mol. The van der Waals surface area contributed by atoms with E-state index in [1.54, 1.807) is 4.90 Å². The van der Waals surface area contributed by atoms with E-state index in [9.17, 15) is 17.6 Å². The summed E-state index contributed by atoms with van der Waals surface area (Å²) in [6.07, 6.45) is 0.760. The van der Waals surface area contributed by atoms with Crippen LogP contribution >= 0.6 is 0 Å². The summed E-state index contributed by atoms with van der Waals surface area (Å²) in [6.45, 7) is 0.274. The fourth-order valence-electron chi connectivity index (χ4n) is 2.74. The van der Waals surface area contributed by atoms with E-state index in [0.29, 0.717) is 6.54 Å². The first-order valence-electron chi connectivity index (χ1n) is 7.50. The Morgan fingerprint density at radius 2 is 1.83 bits per heavy atom. The van der Waals surface area contributed by atoms with E-state index >= 15 is 0 Å². The molecule has 0 aliphatic carbocycles. The lowest BCUT2D eigenvalue weighted by molar-refractivity contribution is -0.118. The van der Waals surface area contributed by atoms with Crippen molar-refractivity contribution >= 4 is 21.6 Å². The molecule has 2 aromatic carbocycles. The third-order valence-electron chi connectivity index (χ3n) is 4.07. The van der Waals surface area contributed by atoms with Gasteiger partial charge in [0.1, 0.15) is 5.82 Å². The van der Waals surface area contributed by atoms with Crippen LogP contribution in [0.2, 0.25) is 0 Å². The molecule has 1 heterocycles. The van der Waals surface area contributed by atoms with Gasteiger partial charge in [-0.05, 0) is 42.3 Å². The van der Waals surface area contributed by atoms with Gasteiger partial charge in [-0.2, -0.15) is 4.31 Å². The molecule has 7 heteroatoms. The molecular formula is C17H17FN2O3S. The van der Waals surface area contributed by atoms with E-state index in [4.69, 9.17) is 0 Å². The van der Waals surface area contributed by atoms with Gasteiger partial charge in [-0.25, -0.2) is 12.8 Å². The Morgan fingerprint density at radius 3 is 2.54 bits per heavy atom. The molecule has 0 unspecified atom stereocenters. The number of fused-ring (bicyclic) bond motifs is 1. The third-order valence-corrected chi connectivity index (χ3v) is 5.89. The van der Waals surface area contributed by atoms with Crippen molar-refractivity contribution in [2.45, 2.75) is 11.3 Å². The fourth-order valence-corrected chi connectivity index (χ4v) is 3.86. The average Bonchev–Trinajstić information content (AvgIpc) is 2.99. The first kappa shape index (κ1) is 16.6. The third kappa shape index (κ3) is 3.05. The maximum absolute atomic E-state index is 13.0. The van der Waals surface area contributed by atoms with E-state index in [0.717, 1.165) is 34.1 Å². The van der Waals surface area contributed by atoms with Crippen molar-refractivity contribution < 1.29 is 17.6 Å². The molecule has 2 aromatic rings. The monoisotopic (exact) mass is 348 g/mol. The lowest BCUT2D eigenvalue weighted by Crippen LogP contribution is -2.40. The summed E-state index contributed by atoms with van der Waals surface area (Å²) in [5.74, 6) is -0.797. The fraction of sp³-hybridized carbons (Fsp3) is 0.235. The minimum atomic E-state index is -3.84. The Bertz CT molecular complexity index is 866. The van der Waals surface area contributed by atoms with Gasteiger partial charge in [0, 0.05) is 19.3 Å². The second kappa shape index (κ2) is 6.33. The molecule has 1 aliphatic rings. The molecule has 0 saturated heterocycles. The Kier molecular flexibility index (Phi) is 4.38. The summed E-state index contributed by atoms with van der Waals surface area (Å²) in [7, 11) is -2.49. The molecule has 0 saturated carbocycles. The minimum Gasteiger partial charge on any atom is -0.311 e. The number of amides is 1. The smallest absolute Gasteiger partial charge is 0.243 e. The number of benzene rings is 2. The molecule has 24 heavy (non-hydrogen) atoms. The number of carbonyl (C=O) groups is 1. The zero-order chi connectivity index (χ0) is 17.3. The topological polar surface area (TPSA) is 57.7 Å². The first-order chi connectivity index (χ1) is 11.4. The quantitative estimate of drug-likeness (QED) is 0.850. The largest absolute Gasteiger partial charge is 0.311 e. The van der Waals surface area contributed by atoms with Crippen molar-refractivity contribution in [3.8, 4) is 0 Å². The van der Waals surface area contributed by atoms with Gasteiger partial charge in [-0.3, -0.25) is 4.79 Å². The van der Waals surface area contributed by atoms with Crippen LogP contribution in [-0.4, -0.2) is 38.8 Å². The van der Waals surface area contributed by atoms with Gasteiger partial charge >= 0.3 is 0 Å². The number of nitrogens with zero attached hydrogens (tertiary/aromatic N) is 2. The van der Waals surface area contributed by atoms with Crippen LogP contribution < -0.4 is 4.90 Å². The van der Waals surface area contributed by atoms with Crippen molar-refractivity contribution in [3.05, 3.63) is 59.9 Å². The molecule has 0 aromatic heterocycles. The van der Waals surface area contributed by atoms with Crippen LogP contribution in [0.25, 0.3) is 0 Å². The van der Waals surface area contributed by atoms with Crippen LogP contribution in [-0.2, 0) is 21.2 Å². The van der Waals surface area contributed by atoms with Gasteiger partial charge in [0.25, 0.3) is 0 Å². The van der Waals surface area contributed by atoms with Gasteiger partial charge in [-0.15, -0.1) is 0 Å². The molecular weight excluding hydrogens is 331 g/mol. The van der Waals surface area contributed by atoms with Crippen LogP contribution in [0.1, 0.15) is 5.56 Å². The summed E-state index contributed by atoms with van der Waals surface area (Å²) in [4.78, 5) is 14.1. The van der Waals surface area contributed by atoms with Gasteiger partial charge < -0.3 is 4.90 Å². The summed E-state index contributed by atoms with van der Waals surface area (Å²) in [5.41, 5.74) is 1.91. The number of likely N-dealkylation sites (N-methyl/N-ethyl adjacent to an activating group) is 1. The highest BCUT2D eigenvalue weighted by molar-refractivity contribution is 7.89. The van der Waals surface area contributed by atoms with Crippen LogP contribution in [0.5, 0.6) is 0 Å². The van der Waals surface area contributed by atoms with Gasteiger partial charge in [0.15, 0.2) is 0 Å². The molecule has 0 radical (unpaired) electrons. The highest BCUT2D eigenvalue weighted by Crippen LogP contribution is 2.27. The van der Waals surface area contributed by atoms with Gasteiger partial charge in [0.2, 0.25) is 15.9 Å². The maximum Gasteiger partial charge on any atom is 0.243 e. The molecule has 0 atom stereocenters. The van der Waals surface area contributed by atoms with Gasteiger partial charge in [-0.1, -0.05) is 18.2 Å². The molecule has 0 bridgehead atoms. The Labute approximate surface area is 140 Å². The second-order valence-corrected chi connectivity index (χ2v) is 7.68. The number of para-hydroxylation sites is 1. The Morgan fingerprint density at radius 1 is 1.17 bits per heavy atom. The normalized spacial score (nSPS) is 14.0. The van der Waals surface area contributed by atoms with Crippen molar-refractivity contribution in [1.82, 2.24) is 4.31 Å². The van der Waals surface area contributed by atoms with Crippen LogP contribution in [0, 0.1) is 5.82 Å². The van der Waals surface area contributed by atoms with Crippen LogP contribution in [0.15, 0.2) is 53.4 Å². The molecule has 0 spiro atoms. The van der Waals surface area contributed by atoms with Crippen molar-refractivity contribution in [2.24, 2.45) is 0 Å². The maximum atomic E-state index is 13.0. The SMILES string of the molecule is CN(CC(=O)N1CCc2ccccc21)S(=O)(=O)c1ccc(F)cc1. The molecule has 0 fully saturated rings. The highest BCUT2D eigenvalue weighted by Gasteiger charge is 2.28. The summed E-state index contributed by atoms with van der Waals surface area (Å²) >= 11 is 0. The van der Waals surface area contributed by atoms with Crippen molar-refractivity contribution in [2.75, 3.05) is 25.0 Å². The molecule has 126 valence electrons. The van der Waals surface area contributed by atoms with Crippen LogP contribution in [0.4, 0.5) is 10.1 Å². The number of hydrogen-bond donors (Lipinski definition) is 0. The lowest BCUT2D eigenvalue weighted by atomic mass is 10.2. The molecule has 1 amide bonds. The summed E-state index contributed by atoms with van der Waals surface area (Å²) in [6, 6.07) is 12.1. The predicted molar refractivity (Wildman–Crippen MR) is 88.7 cm³/mol. The molecule has 0 N–H and O–H groups in total. The number of anilines is 1. The molecule has 5 nitrogen and oxygen atoms in total. The van der Waals surface area contributed by atoms with E-state index in [1.165, 1.54) is 19.2 Å². The van der Waals surface area contributed by atoms with E-state index < -0.39 is 15.8 Å². The van der Waals surface area contributed by atoms with Gasteiger partial charge in [0.05, 0.1) is 11.4 Å². The number of halogens is 1. The Hall–Kier alpha value is -2.25. The zero-order valence-corrected chi connectivity index (χ0v) is 14.0. The van der Waals surface area contributed by atoms with E-state index in [2.05, 4.69) is 0 Å². The van der Waals surface area contributed by atoms with E-state index in [-0.39, 0.29) is 17.3 Å². The highest BCUT2D eigenvalue weighted by atomic mass is 32.2. The standard InChI is InChI=1S/C17H17FN2O3S/c1-19(24(22,23)15-8-6-14(18)7-9-15)12-17(21)20-11-10-13-4-2-3-5-16(13)20/h2-9H,10-12H2,1H3. The first-order valence-corrected chi connectivity index (χ1v) is 8.94. The van der Waals surface area contributed by atoms with Crippen molar-refractivity contribution in [3.63, 3.8) is 0 Å². The zero-order valence-electron chi connectivity index (χ0n) is 13.1. The summed E-state index contributed by atoms with van der Waals surface area (Å²) < 4.78 is 38.9. The second-order valence-electron chi connectivity index (χ2n) is 5.64. The minimum absolute atomic E-state index is 0.0407.